The molecule has 0 atom stereocenters. The lowest BCUT2D eigenvalue weighted by molar-refractivity contribution is 0.221. The molecule has 2 aromatic carbocycles. The van der Waals surface area contributed by atoms with Crippen LogP contribution in [0.1, 0.15) is 24.0 Å². The zero-order valence-corrected chi connectivity index (χ0v) is 14.5. The second-order valence-electron chi connectivity index (χ2n) is 6.30. The smallest absolute Gasteiger partial charge is 0.101 e. The topological polar surface area (TPSA) is 39.1 Å². The molecule has 3 nitrogen and oxygen atoms in total. The predicted molar refractivity (Wildman–Crippen MR) is 99.4 cm³/mol. The number of hydrogen-bond donors (Lipinski definition) is 1. The minimum atomic E-state index is 0.406. The molecule has 0 unspecified atom stereocenters. The lowest BCUT2D eigenvalue weighted by Gasteiger charge is -2.33. The van der Waals surface area contributed by atoms with Crippen molar-refractivity contribution in [1.82, 2.24) is 4.90 Å². The van der Waals surface area contributed by atoms with Gasteiger partial charge in [-0.2, -0.15) is 5.26 Å². The van der Waals surface area contributed by atoms with Gasteiger partial charge in [-0.3, -0.25) is 0 Å². The Morgan fingerprint density at radius 1 is 1.12 bits per heavy atom. The first-order valence-corrected chi connectivity index (χ1v) is 8.85. The zero-order valence-electron chi connectivity index (χ0n) is 13.7. The maximum Gasteiger partial charge on any atom is 0.101 e. The van der Waals surface area contributed by atoms with Crippen molar-refractivity contribution >= 4 is 17.3 Å². The highest BCUT2D eigenvalue weighted by atomic mass is 35.5. The average Bonchev–Trinajstić information content (AvgIpc) is 2.62. The first kappa shape index (κ1) is 16.8. The Kier molecular flexibility index (Phi) is 5.74. The highest BCUT2D eigenvalue weighted by molar-refractivity contribution is 6.30. The number of benzene rings is 2. The van der Waals surface area contributed by atoms with E-state index in [0.29, 0.717) is 16.6 Å². The summed E-state index contributed by atoms with van der Waals surface area (Å²) in [4.78, 5) is 2.52. The molecule has 1 heterocycles. The fourth-order valence-corrected chi connectivity index (χ4v) is 3.36. The van der Waals surface area contributed by atoms with E-state index in [9.17, 15) is 5.26 Å². The van der Waals surface area contributed by atoms with E-state index in [1.165, 1.54) is 5.56 Å². The highest BCUT2D eigenvalue weighted by Gasteiger charge is 2.19. The Morgan fingerprint density at radius 3 is 2.58 bits per heavy atom. The molecule has 2 aromatic rings. The van der Waals surface area contributed by atoms with Gasteiger partial charge in [-0.25, -0.2) is 0 Å². The first-order valence-electron chi connectivity index (χ1n) is 8.47. The lowest BCUT2D eigenvalue weighted by atomic mass is 10.0. The average molecular weight is 340 g/mol. The van der Waals surface area contributed by atoms with Crippen LogP contribution >= 0.6 is 11.6 Å². The van der Waals surface area contributed by atoms with Crippen molar-refractivity contribution < 1.29 is 0 Å². The van der Waals surface area contributed by atoms with E-state index in [1.807, 2.05) is 6.07 Å². The number of piperidine rings is 1. The van der Waals surface area contributed by atoms with E-state index < -0.39 is 0 Å². The number of likely N-dealkylation sites (tertiary alicyclic amines) is 1. The van der Waals surface area contributed by atoms with Crippen molar-refractivity contribution in [2.45, 2.75) is 25.3 Å². The number of nitriles is 1. The van der Waals surface area contributed by atoms with Crippen LogP contribution in [0.25, 0.3) is 0 Å². The largest absolute Gasteiger partial charge is 0.381 e. The summed E-state index contributed by atoms with van der Waals surface area (Å²) in [7, 11) is 0. The summed E-state index contributed by atoms with van der Waals surface area (Å²) >= 11 is 6.06. The van der Waals surface area contributed by atoms with Crippen molar-refractivity contribution in [3.63, 3.8) is 0 Å². The molecule has 1 aliphatic rings. The minimum absolute atomic E-state index is 0.406. The van der Waals surface area contributed by atoms with Gasteiger partial charge in [0.1, 0.15) is 6.07 Å². The van der Waals surface area contributed by atoms with Gasteiger partial charge < -0.3 is 10.2 Å². The molecule has 24 heavy (non-hydrogen) atoms. The second-order valence-corrected chi connectivity index (χ2v) is 6.73. The van der Waals surface area contributed by atoms with E-state index in [4.69, 9.17) is 11.6 Å². The van der Waals surface area contributed by atoms with Crippen LogP contribution in [0.4, 0.5) is 5.69 Å². The third-order valence-electron chi connectivity index (χ3n) is 4.61. The Morgan fingerprint density at radius 2 is 1.88 bits per heavy atom. The summed E-state index contributed by atoms with van der Waals surface area (Å²) in [5, 5.41) is 13.4. The van der Waals surface area contributed by atoms with Gasteiger partial charge in [-0.15, -0.1) is 0 Å². The number of hydrogen-bond acceptors (Lipinski definition) is 3. The third-order valence-corrected chi connectivity index (χ3v) is 4.84. The molecule has 0 aromatic heterocycles. The number of nitrogens with zero attached hydrogens (tertiary/aromatic N) is 2. The molecule has 3 rings (SSSR count). The predicted octanol–water partition coefficient (Wildman–Crippen LogP) is 4.33. The summed E-state index contributed by atoms with van der Waals surface area (Å²) in [6.45, 7) is 3.29. The van der Waals surface area contributed by atoms with Crippen LogP contribution in [0.3, 0.4) is 0 Å². The quantitative estimate of drug-likeness (QED) is 0.881. The van der Waals surface area contributed by atoms with Crippen LogP contribution in [-0.2, 0) is 6.42 Å². The van der Waals surface area contributed by atoms with Crippen LogP contribution in [0, 0.1) is 11.3 Å². The summed E-state index contributed by atoms with van der Waals surface area (Å²) < 4.78 is 0. The van der Waals surface area contributed by atoms with Gasteiger partial charge in [-0.1, -0.05) is 41.9 Å². The highest BCUT2D eigenvalue weighted by Crippen LogP contribution is 2.23. The number of halogens is 1. The molecule has 1 N–H and O–H groups in total. The molecule has 1 saturated heterocycles. The Bertz CT molecular complexity index is 701. The van der Waals surface area contributed by atoms with Crippen LogP contribution in [0.5, 0.6) is 0 Å². The van der Waals surface area contributed by atoms with Crippen LogP contribution in [0.2, 0.25) is 5.02 Å². The van der Waals surface area contributed by atoms with E-state index >= 15 is 0 Å². The molecule has 4 heteroatoms. The van der Waals surface area contributed by atoms with Crippen LogP contribution in [0.15, 0.2) is 48.5 Å². The van der Waals surface area contributed by atoms with Crippen LogP contribution in [-0.4, -0.2) is 30.6 Å². The van der Waals surface area contributed by atoms with Crippen molar-refractivity contribution in [2.75, 3.05) is 25.0 Å². The summed E-state index contributed by atoms with van der Waals surface area (Å²) in [6.07, 6.45) is 3.28. The van der Waals surface area contributed by atoms with Gasteiger partial charge in [0.2, 0.25) is 0 Å². The van der Waals surface area contributed by atoms with Gasteiger partial charge in [0, 0.05) is 30.7 Å². The SMILES string of the molecule is N#Cc1ccc(Cl)cc1NC1CCN(CCc2ccccc2)CC1. The molecule has 0 aliphatic carbocycles. The van der Waals surface area contributed by atoms with Crippen molar-refractivity contribution in [3.05, 3.63) is 64.7 Å². The Hall–Kier alpha value is -2.02. The van der Waals surface area contributed by atoms with Gasteiger partial charge in [0.15, 0.2) is 0 Å². The molecule has 124 valence electrons. The fourth-order valence-electron chi connectivity index (χ4n) is 3.19. The zero-order chi connectivity index (χ0) is 16.8. The number of anilines is 1. The summed E-state index contributed by atoms with van der Waals surface area (Å²) in [5.41, 5.74) is 2.91. The summed E-state index contributed by atoms with van der Waals surface area (Å²) in [5.74, 6) is 0. The van der Waals surface area contributed by atoms with Crippen molar-refractivity contribution in [3.8, 4) is 6.07 Å². The maximum absolute atomic E-state index is 9.22. The summed E-state index contributed by atoms with van der Waals surface area (Å²) in [6, 6.07) is 18.7. The van der Waals surface area contributed by atoms with Gasteiger partial charge in [0.25, 0.3) is 0 Å². The maximum atomic E-state index is 9.22. The Balaban J connectivity index is 1.49. The molecule has 1 fully saturated rings. The van der Waals surface area contributed by atoms with Gasteiger partial charge >= 0.3 is 0 Å². The standard InChI is InChI=1S/C20H22ClN3/c21-18-7-6-17(15-22)20(14-18)23-19-9-12-24(13-10-19)11-8-16-4-2-1-3-5-16/h1-7,14,19,23H,8-13H2. The molecular weight excluding hydrogens is 318 g/mol. The van der Waals surface area contributed by atoms with Crippen molar-refractivity contribution in [2.24, 2.45) is 0 Å². The van der Waals surface area contributed by atoms with E-state index in [2.05, 4.69) is 46.6 Å². The minimum Gasteiger partial charge on any atom is -0.381 e. The molecule has 0 amide bonds. The van der Waals surface area contributed by atoms with E-state index in [1.54, 1.807) is 12.1 Å². The van der Waals surface area contributed by atoms with E-state index in [0.717, 1.165) is 44.6 Å². The molecule has 0 radical (unpaired) electrons. The van der Waals surface area contributed by atoms with E-state index in [-0.39, 0.29) is 0 Å². The molecule has 0 bridgehead atoms. The Labute approximate surface area is 148 Å². The first-order chi connectivity index (χ1) is 11.7. The lowest BCUT2D eigenvalue weighted by Crippen LogP contribution is -2.40. The van der Waals surface area contributed by atoms with Gasteiger partial charge in [0.05, 0.1) is 11.3 Å². The molecular formula is C20H22ClN3. The van der Waals surface area contributed by atoms with Gasteiger partial charge in [-0.05, 0) is 43.0 Å². The van der Waals surface area contributed by atoms with Crippen LogP contribution < -0.4 is 5.32 Å². The molecule has 1 aliphatic heterocycles. The fraction of sp³-hybridized carbons (Fsp3) is 0.350. The normalized spacial score (nSPS) is 15.8. The number of rotatable bonds is 5. The molecule has 0 saturated carbocycles. The monoisotopic (exact) mass is 339 g/mol. The third kappa shape index (κ3) is 4.50. The molecule has 0 spiro atoms. The number of nitrogens with one attached hydrogen (secondary N) is 1. The second kappa shape index (κ2) is 8.19. The van der Waals surface area contributed by atoms with Crippen molar-refractivity contribution in [1.29, 1.82) is 5.26 Å².